The molecule has 0 bridgehead atoms. The van der Waals surface area contributed by atoms with Crippen LogP contribution in [-0.4, -0.2) is 47.9 Å². The number of carbonyl (C=O) groups excluding carboxylic acids is 4. The number of fused-ring (bicyclic) bond motifs is 1. The van der Waals surface area contributed by atoms with E-state index in [0.717, 1.165) is 4.90 Å². The zero-order chi connectivity index (χ0) is 29.5. The molecule has 0 unspecified atom stereocenters. The van der Waals surface area contributed by atoms with E-state index in [4.69, 9.17) is 4.74 Å². The number of amides is 4. The lowest BCUT2D eigenvalue weighted by Gasteiger charge is -2.14. The molecule has 0 saturated carbocycles. The van der Waals surface area contributed by atoms with Crippen LogP contribution in [0.5, 0.6) is 5.75 Å². The number of para-hydroxylation sites is 1. The predicted molar refractivity (Wildman–Crippen MR) is 162 cm³/mol. The molecule has 4 amide bonds. The first-order valence-electron chi connectivity index (χ1n) is 13.1. The molecule has 0 aromatic heterocycles. The third-order valence-electron chi connectivity index (χ3n) is 6.52. The lowest BCUT2D eigenvalue weighted by molar-refractivity contribution is -0.113. The van der Waals surface area contributed by atoms with E-state index >= 15 is 0 Å². The molecule has 4 aromatic rings. The van der Waals surface area contributed by atoms with Crippen LogP contribution in [-0.2, 0) is 4.79 Å². The van der Waals surface area contributed by atoms with Gasteiger partial charge in [0, 0.05) is 34.0 Å². The fourth-order valence-electron chi connectivity index (χ4n) is 4.44. The Hall–Kier alpha value is -5.15. The van der Waals surface area contributed by atoms with Crippen molar-refractivity contribution in [2.75, 3.05) is 24.7 Å². The van der Waals surface area contributed by atoms with Crippen molar-refractivity contribution in [1.29, 1.82) is 0 Å². The Morgan fingerprint density at radius 3 is 2.21 bits per heavy atom. The summed E-state index contributed by atoms with van der Waals surface area (Å²) < 4.78 is 5.42. The second-order valence-electron chi connectivity index (χ2n) is 9.26. The molecule has 1 heterocycles. The number of carbonyl (C=O) groups is 4. The van der Waals surface area contributed by atoms with Crippen molar-refractivity contribution in [1.82, 2.24) is 10.2 Å². The molecule has 1 aliphatic heterocycles. The number of imide groups is 1. The van der Waals surface area contributed by atoms with Gasteiger partial charge in [0.05, 0.1) is 18.2 Å². The lowest BCUT2D eigenvalue weighted by Crippen LogP contribution is -2.31. The van der Waals surface area contributed by atoms with E-state index < -0.39 is 11.8 Å². The smallest absolute Gasteiger partial charge is 0.272 e. The summed E-state index contributed by atoms with van der Waals surface area (Å²) >= 11 is 1.46. The quantitative estimate of drug-likeness (QED) is 0.147. The van der Waals surface area contributed by atoms with Gasteiger partial charge in [0.1, 0.15) is 11.4 Å². The van der Waals surface area contributed by atoms with Gasteiger partial charge in [0.2, 0.25) is 0 Å². The highest BCUT2D eigenvalue weighted by Gasteiger charge is 2.34. The second-order valence-corrected chi connectivity index (χ2v) is 10.4. The van der Waals surface area contributed by atoms with Crippen LogP contribution in [0.15, 0.2) is 114 Å². The Balaban J connectivity index is 1.28. The van der Waals surface area contributed by atoms with Gasteiger partial charge < -0.3 is 15.4 Å². The van der Waals surface area contributed by atoms with Crippen molar-refractivity contribution >= 4 is 47.2 Å². The summed E-state index contributed by atoms with van der Waals surface area (Å²) in [5.74, 6) is -0.487. The largest absolute Gasteiger partial charge is 0.496 e. The Kier molecular flexibility index (Phi) is 8.79. The molecular weight excluding hydrogens is 550 g/mol. The van der Waals surface area contributed by atoms with Crippen LogP contribution in [0.4, 0.5) is 5.69 Å². The van der Waals surface area contributed by atoms with E-state index in [9.17, 15) is 19.2 Å². The molecule has 210 valence electrons. The fraction of sp³-hybridized carbons (Fsp3) is 0.0909. The number of thioether (sulfide) groups is 1. The van der Waals surface area contributed by atoms with Crippen molar-refractivity contribution < 1.29 is 23.9 Å². The van der Waals surface area contributed by atoms with Gasteiger partial charge in [0.15, 0.2) is 0 Å². The van der Waals surface area contributed by atoms with Crippen LogP contribution in [0.2, 0.25) is 0 Å². The van der Waals surface area contributed by atoms with E-state index in [1.165, 1.54) is 23.8 Å². The highest BCUT2D eigenvalue weighted by molar-refractivity contribution is 7.99. The summed E-state index contributed by atoms with van der Waals surface area (Å²) in [6, 6.07) is 29.8. The number of rotatable bonds is 10. The highest BCUT2D eigenvalue weighted by atomic mass is 32.2. The molecule has 0 atom stereocenters. The van der Waals surface area contributed by atoms with E-state index in [-0.39, 0.29) is 24.1 Å². The summed E-state index contributed by atoms with van der Waals surface area (Å²) in [5.41, 5.74) is 2.44. The van der Waals surface area contributed by atoms with Gasteiger partial charge >= 0.3 is 0 Å². The molecule has 0 aliphatic carbocycles. The topological polar surface area (TPSA) is 105 Å². The van der Waals surface area contributed by atoms with Crippen LogP contribution in [0.3, 0.4) is 0 Å². The molecule has 0 saturated heterocycles. The normalized spacial score (nSPS) is 12.6. The molecule has 42 heavy (non-hydrogen) atoms. The summed E-state index contributed by atoms with van der Waals surface area (Å²) in [5, 5.41) is 5.59. The van der Waals surface area contributed by atoms with Crippen molar-refractivity contribution in [3.63, 3.8) is 0 Å². The summed E-state index contributed by atoms with van der Waals surface area (Å²) in [4.78, 5) is 53.7. The minimum absolute atomic E-state index is 0.0389. The summed E-state index contributed by atoms with van der Waals surface area (Å²) in [7, 11) is 1.53. The van der Waals surface area contributed by atoms with E-state index in [2.05, 4.69) is 10.6 Å². The van der Waals surface area contributed by atoms with Crippen LogP contribution in [0.1, 0.15) is 36.6 Å². The zero-order valence-corrected chi connectivity index (χ0v) is 23.5. The Bertz CT molecular complexity index is 1650. The first-order chi connectivity index (χ1) is 20.4. The zero-order valence-electron chi connectivity index (χ0n) is 22.7. The number of nitrogens with zero attached hydrogens (tertiary/aromatic N) is 1. The fourth-order valence-corrected chi connectivity index (χ4v) is 5.34. The number of benzene rings is 4. The minimum atomic E-state index is -0.515. The lowest BCUT2D eigenvalue weighted by atomic mass is 10.1. The van der Waals surface area contributed by atoms with E-state index in [1.54, 1.807) is 91.0 Å². The van der Waals surface area contributed by atoms with Gasteiger partial charge in [-0.25, -0.2) is 0 Å². The van der Waals surface area contributed by atoms with Crippen molar-refractivity contribution in [2.24, 2.45) is 0 Å². The van der Waals surface area contributed by atoms with Gasteiger partial charge in [0.25, 0.3) is 23.6 Å². The molecule has 1 aliphatic rings. The van der Waals surface area contributed by atoms with E-state index in [1.807, 2.05) is 18.2 Å². The number of hydrogen-bond donors (Lipinski definition) is 2. The predicted octanol–water partition coefficient (Wildman–Crippen LogP) is 5.49. The maximum Gasteiger partial charge on any atom is 0.272 e. The van der Waals surface area contributed by atoms with Crippen molar-refractivity contribution in [3.8, 4) is 5.75 Å². The molecular formula is C33H27N3O5S. The van der Waals surface area contributed by atoms with Gasteiger partial charge in [-0.1, -0.05) is 54.6 Å². The van der Waals surface area contributed by atoms with Crippen LogP contribution in [0, 0.1) is 0 Å². The van der Waals surface area contributed by atoms with Crippen molar-refractivity contribution in [2.45, 2.75) is 4.90 Å². The number of nitrogens with one attached hydrogen (secondary N) is 2. The van der Waals surface area contributed by atoms with E-state index in [0.29, 0.717) is 39.4 Å². The summed E-state index contributed by atoms with van der Waals surface area (Å²) in [6.45, 7) is 0.255. The van der Waals surface area contributed by atoms with Crippen LogP contribution >= 0.6 is 11.8 Å². The first-order valence-corrected chi connectivity index (χ1v) is 14.1. The molecule has 8 nitrogen and oxygen atoms in total. The number of hydrogen-bond acceptors (Lipinski definition) is 6. The minimum Gasteiger partial charge on any atom is -0.496 e. The average Bonchev–Trinajstić information content (AvgIpc) is 3.26. The number of anilines is 1. The maximum absolute atomic E-state index is 13.4. The molecule has 2 N–H and O–H groups in total. The Morgan fingerprint density at radius 1 is 0.833 bits per heavy atom. The van der Waals surface area contributed by atoms with Gasteiger partial charge in [-0.05, 0) is 54.6 Å². The Labute approximate surface area is 247 Å². The third kappa shape index (κ3) is 6.42. The van der Waals surface area contributed by atoms with Gasteiger partial charge in [-0.2, -0.15) is 0 Å². The molecule has 9 heteroatoms. The molecule has 0 fully saturated rings. The number of methoxy groups -OCH3 is 1. The monoisotopic (exact) mass is 577 g/mol. The molecule has 0 radical (unpaired) electrons. The Morgan fingerprint density at radius 2 is 1.50 bits per heavy atom. The summed E-state index contributed by atoms with van der Waals surface area (Å²) in [6.07, 6.45) is 1.57. The molecule has 5 rings (SSSR count). The maximum atomic E-state index is 13.4. The van der Waals surface area contributed by atoms with Crippen LogP contribution in [0.25, 0.3) is 6.08 Å². The van der Waals surface area contributed by atoms with Crippen LogP contribution < -0.4 is 15.4 Å². The standard InChI is InChI=1S/C33H27N3O5S/c1-41-29-17-8-5-12-23(29)20-28(35-30(37)22-10-3-2-4-11-22)31(38)34-24-13-9-14-25(21-24)42-19-18-36-32(39)26-15-6-7-16-27(26)33(36)40/h2-17,20-21H,18-19H2,1H3,(H,34,38)(H,35,37)/b28-20+. The van der Waals surface area contributed by atoms with Crippen molar-refractivity contribution in [3.05, 3.63) is 131 Å². The van der Waals surface area contributed by atoms with Gasteiger partial charge in [-0.3, -0.25) is 24.1 Å². The second kappa shape index (κ2) is 13.0. The molecule has 4 aromatic carbocycles. The van der Waals surface area contributed by atoms with Gasteiger partial charge in [-0.15, -0.1) is 11.8 Å². The average molecular weight is 578 g/mol. The molecule has 0 spiro atoms. The first kappa shape index (κ1) is 28.4. The third-order valence-corrected chi connectivity index (χ3v) is 7.50. The number of ether oxygens (including phenoxy) is 1. The highest BCUT2D eigenvalue weighted by Crippen LogP contribution is 2.26. The SMILES string of the molecule is COc1ccccc1/C=C(/NC(=O)c1ccccc1)C(=O)Nc1cccc(SCCN2C(=O)c3ccccc3C2=O)c1.